The van der Waals surface area contributed by atoms with E-state index in [1.165, 1.54) is 6.33 Å². The first-order chi connectivity index (χ1) is 12.3. The van der Waals surface area contributed by atoms with Crippen molar-refractivity contribution in [3.63, 3.8) is 0 Å². The summed E-state index contributed by atoms with van der Waals surface area (Å²) in [5, 5.41) is 5.24. The Morgan fingerprint density at radius 3 is 2.88 bits per heavy atom. The van der Waals surface area contributed by atoms with Crippen molar-refractivity contribution in [2.45, 2.75) is 19.8 Å². The van der Waals surface area contributed by atoms with E-state index in [2.05, 4.69) is 39.1 Å². The lowest BCUT2D eigenvalue weighted by Crippen LogP contribution is -1.97. The molecule has 0 saturated heterocycles. The summed E-state index contributed by atoms with van der Waals surface area (Å²) in [5.41, 5.74) is 3.11. The van der Waals surface area contributed by atoms with Gasteiger partial charge in [-0.15, -0.1) is 0 Å². The molecule has 0 saturated carbocycles. The summed E-state index contributed by atoms with van der Waals surface area (Å²) in [6, 6.07) is 12.2. The number of H-pyrrole nitrogens is 1. The summed E-state index contributed by atoms with van der Waals surface area (Å²) in [7, 11) is 0. The van der Waals surface area contributed by atoms with Gasteiger partial charge in [-0.3, -0.25) is 0 Å². The van der Waals surface area contributed by atoms with Gasteiger partial charge in [-0.2, -0.15) is 5.10 Å². The lowest BCUT2D eigenvalue weighted by Gasteiger charge is -2.04. The number of unbranched alkanes of at least 4 members (excludes halogenated alkanes) is 1. The van der Waals surface area contributed by atoms with Crippen LogP contribution < -0.4 is 4.74 Å². The minimum Gasteiger partial charge on any atom is -0.494 e. The van der Waals surface area contributed by atoms with Gasteiger partial charge in [0.05, 0.1) is 6.61 Å². The molecule has 25 heavy (non-hydrogen) atoms. The van der Waals surface area contributed by atoms with E-state index < -0.39 is 0 Å². The third-order valence-corrected chi connectivity index (χ3v) is 4.07. The molecule has 0 atom stereocenters. The number of hydrogen-bond donors (Lipinski definition) is 1. The number of ether oxygens (including phenoxy) is 1. The first-order valence-electron chi connectivity index (χ1n) is 8.40. The van der Waals surface area contributed by atoms with Crippen LogP contribution in [0.15, 0.2) is 55.2 Å². The number of aromatic amines is 1. The average Bonchev–Trinajstić information content (AvgIpc) is 3.31. The maximum Gasteiger partial charge on any atom is 0.155 e. The van der Waals surface area contributed by atoms with Crippen molar-refractivity contribution >= 4 is 10.9 Å². The Balaban J connectivity index is 1.58. The van der Waals surface area contributed by atoms with Crippen LogP contribution in [0.2, 0.25) is 0 Å². The Labute approximate surface area is 145 Å². The largest absolute Gasteiger partial charge is 0.494 e. The van der Waals surface area contributed by atoms with Gasteiger partial charge in [-0.1, -0.05) is 13.3 Å². The lowest BCUT2D eigenvalue weighted by atomic mass is 10.2. The maximum absolute atomic E-state index is 5.78. The lowest BCUT2D eigenvalue weighted by molar-refractivity contribution is 0.310. The summed E-state index contributed by atoms with van der Waals surface area (Å²) in [4.78, 5) is 11.8. The third kappa shape index (κ3) is 3.24. The second-order valence-electron chi connectivity index (χ2n) is 5.88. The SMILES string of the molecule is CCCCOc1ccc2cc(-c3ccc(-n4cncn4)nc3)[nH]c2c1. The van der Waals surface area contributed by atoms with E-state index in [9.17, 15) is 0 Å². The van der Waals surface area contributed by atoms with E-state index >= 15 is 0 Å². The van der Waals surface area contributed by atoms with Crippen molar-refractivity contribution < 1.29 is 4.74 Å². The van der Waals surface area contributed by atoms with E-state index in [4.69, 9.17) is 4.74 Å². The predicted octanol–water partition coefficient (Wildman–Crippen LogP) is 3.99. The second-order valence-corrected chi connectivity index (χ2v) is 5.88. The van der Waals surface area contributed by atoms with Gasteiger partial charge >= 0.3 is 0 Å². The van der Waals surface area contributed by atoms with E-state index in [-0.39, 0.29) is 0 Å². The molecule has 3 aromatic heterocycles. The van der Waals surface area contributed by atoms with Crippen LogP contribution in [0.5, 0.6) is 5.75 Å². The number of pyridine rings is 1. The Hall–Kier alpha value is -3.15. The Morgan fingerprint density at radius 2 is 2.12 bits per heavy atom. The number of nitrogens with zero attached hydrogens (tertiary/aromatic N) is 4. The van der Waals surface area contributed by atoms with Gasteiger partial charge in [0.1, 0.15) is 18.4 Å². The molecular weight excluding hydrogens is 314 g/mol. The Morgan fingerprint density at radius 1 is 1.16 bits per heavy atom. The molecule has 0 bridgehead atoms. The highest BCUT2D eigenvalue weighted by atomic mass is 16.5. The smallest absolute Gasteiger partial charge is 0.155 e. The van der Waals surface area contributed by atoms with Crippen molar-refractivity contribution in [1.82, 2.24) is 24.7 Å². The second kappa shape index (κ2) is 6.76. The summed E-state index contributed by atoms with van der Waals surface area (Å²) < 4.78 is 7.41. The highest BCUT2D eigenvalue weighted by Crippen LogP contribution is 2.27. The molecule has 126 valence electrons. The van der Waals surface area contributed by atoms with Gasteiger partial charge in [0.2, 0.25) is 0 Å². The number of rotatable bonds is 6. The Kier molecular flexibility index (Phi) is 4.16. The predicted molar refractivity (Wildman–Crippen MR) is 96.8 cm³/mol. The normalized spacial score (nSPS) is 11.1. The molecule has 6 nitrogen and oxygen atoms in total. The summed E-state index contributed by atoms with van der Waals surface area (Å²) in [6.07, 6.45) is 7.16. The van der Waals surface area contributed by atoms with Gasteiger partial charge in [-0.25, -0.2) is 14.6 Å². The molecule has 0 radical (unpaired) electrons. The zero-order valence-corrected chi connectivity index (χ0v) is 14.0. The molecular formula is C19H19N5O. The van der Waals surface area contributed by atoms with Crippen LogP contribution in [-0.4, -0.2) is 31.3 Å². The van der Waals surface area contributed by atoms with E-state index in [0.717, 1.165) is 53.2 Å². The van der Waals surface area contributed by atoms with Crippen molar-refractivity contribution in [3.8, 4) is 22.8 Å². The third-order valence-electron chi connectivity index (χ3n) is 4.07. The number of hydrogen-bond acceptors (Lipinski definition) is 4. The first-order valence-corrected chi connectivity index (χ1v) is 8.40. The summed E-state index contributed by atoms with van der Waals surface area (Å²) in [5.74, 6) is 1.64. The van der Waals surface area contributed by atoms with Gasteiger partial charge in [-0.05, 0) is 36.8 Å². The minimum atomic E-state index is 0.740. The highest BCUT2D eigenvalue weighted by molar-refractivity contribution is 5.86. The minimum absolute atomic E-state index is 0.740. The molecule has 0 spiro atoms. The van der Waals surface area contributed by atoms with Crippen LogP contribution >= 0.6 is 0 Å². The van der Waals surface area contributed by atoms with Crippen LogP contribution in [-0.2, 0) is 0 Å². The molecule has 0 aliphatic heterocycles. The summed E-state index contributed by atoms with van der Waals surface area (Å²) >= 11 is 0. The van der Waals surface area contributed by atoms with Crippen molar-refractivity contribution in [3.05, 3.63) is 55.2 Å². The standard InChI is InChI=1S/C19H19N5O/c1-2-3-8-25-16-6-4-14-9-17(23-18(14)10-16)15-5-7-19(21-11-15)24-13-20-12-22-24/h4-7,9-13,23H,2-3,8H2,1H3. The van der Waals surface area contributed by atoms with E-state index in [1.807, 2.05) is 30.5 Å². The van der Waals surface area contributed by atoms with Crippen molar-refractivity contribution in [2.24, 2.45) is 0 Å². The Bertz CT molecular complexity index is 957. The average molecular weight is 333 g/mol. The molecule has 0 aliphatic rings. The van der Waals surface area contributed by atoms with Crippen LogP contribution in [0.25, 0.3) is 28.0 Å². The molecule has 6 heteroatoms. The molecule has 1 N–H and O–H groups in total. The van der Waals surface area contributed by atoms with Crippen molar-refractivity contribution in [1.29, 1.82) is 0 Å². The van der Waals surface area contributed by atoms with Crippen LogP contribution in [0, 0.1) is 0 Å². The molecule has 0 fully saturated rings. The fourth-order valence-electron chi connectivity index (χ4n) is 2.69. The molecule has 1 aromatic carbocycles. The van der Waals surface area contributed by atoms with E-state index in [0.29, 0.717) is 0 Å². The topological polar surface area (TPSA) is 68.6 Å². The molecule has 0 unspecified atom stereocenters. The zero-order chi connectivity index (χ0) is 17.1. The van der Waals surface area contributed by atoms with E-state index in [1.54, 1.807) is 11.0 Å². The fourth-order valence-corrected chi connectivity index (χ4v) is 2.69. The number of aromatic nitrogens is 5. The quantitative estimate of drug-likeness (QED) is 0.542. The molecule has 3 heterocycles. The fraction of sp³-hybridized carbons (Fsp3) is 0.211. The number of benzene rings is 1. The molecule has 0 aliphatic carbocycles. The highest BCUT2D eigenvalue weighted by Gasteiger charge is 2.06. The zero-order valence-electron chi connectivity index (χ0n) is 14.0. The van der Waals surface area contributed by atoms with Gasteiger partial charge < -0.3 is 9.72 Å². The molecule has 4 rings (SSSR count). The van der Waals surface area contributed by atoms with Gasteiger partial charge in [0.25, 0.3) is 0 Å². The van der Waals surface area contributed by atoms with Crippen molar-refractivity contribution in [2.75, 3.05) is 6.61 Å². The maximum atomic E-state index is 5.78. The molecule has 0 amide bonds. The van der Waals surface area contributed by atoms with Crippen LogP contribution in [0.4, 0.5) is 0 Å². The number of nitrogens with one attached hydrogen (secondary N) is 1. The van der Waals surface area contributed by atoms with Gasteiger partial charge in [0.15, 0.2) is 5.82 Å². The van der Waals surface area contributed by atoms with Gasteiger partial charge in [0, 0.05) is 34.4 Å². The van der Waals surface area contributed by atoms with Crippen LogP contribution in [0.1, 0.15) is 19.8 Å². The van der Waals surface area contributed by atoms with Crippen LogP contribution in [0.3, 0.4) is 0 Å². The number of fused-ring (bicyclic) bond motifs is 1. The molecule has 4 aromatic rings. The monoisotopic (exact) mass is 333 g/mol. The summed E-state index contributed by atoms with van der Waals surface area (Å²) in [6.45, 7) is 2.91. The first kappa shape index (κ1) is 15.4.